The van der Waals surface area contributed by atoms with Crippen molar-refractivity contribution in [3.8, 4) is 11.5 Å². The number of hydrogen-bond acceptors (Lipinski definition) is 7. The van der Waals surface area contributed by atoms with Gasteiger partial charge in [-0.3, -0.25) is 0 Å². The summed E-state index contributed by atoms with van der Waals surface area (Å²) in [7, 11) is 1.61. The molecule has 9 heteroatoms. The number of guanidine groups is 1. The Labute approximate surface area is 203 Å². The Morgan fingerprint density at radius 1 is 0.971 bits per heavy atom. The summed E-state index contributed by atoms with van der Waals surface area (Å²) in [4.78, 5) is 13.5. The number of aliphatic imine (C=N–C) groups is 1. The minimum absolute atomic E-state index is 0.0270. The number of nitrogens with two attached hydrogens (primary N) is 2. The van der Waals surface area contributed by atoms with Crippen molar-refractivity contribution in [2.45, 2.75) is 13.0 Å². The molecule has 4 rings (SSSR count). The number of ether oxygens (including phenoxy) is 2. The fourth-order valence-corrected chi connectivity index (χ4v) is 3.62. The first kappa shape index (κ1) is 23.8. The van der Waals surface area contributed by atoms with Crippen molar-refractivity contribution in [3.63, 3.8) is 0 Å². The molecule has 0 bridgehead atoms. The van der Waals surface area contributed by atoms with Crippen molar-refractivity contribution in [1.29, 1.82) is 0 Å². The van der Waals surface area contributed by atoms with E-state index in [0.717, 1.165) is 22.2 Å². The van der Waals surface area contributed by atoms with Crippen LogP contribution in [0.15, 0.2) is 71.7 Å². The molecule has 0 aliphatic rings. The van der Waals surface area contributed by atoms with Crippen LogP contribution in [0.1, 0.15) is 17.0 Å². The molecule has 0 amide bonds. The maximum atomic E-state index is 9.09. The lowest BCUT2D eigenvalue weighted by molar-refractivity contribution is 0.284. The van der Waals surface area contributed by atoms with E-state index in [4.69, 9.17) is 31.0 Å². The minimum Gasteiger partial charge on any atom is -0.493 e. The third-order valence-electron chi connectivity index (χ3n) is 5.23. The van der Waals surface area contributed by atoms with Gasteiger partial charge < -0.3 is 31.4 Å². The van der Waals surface area contributed by atoms with E-state index >= 15 is 0 Å². The average Bonchev–Trinajstić information content (AvgIpc) is 2.86. The van der Waals surface area contributed by atoms with Crippen LogP contribution in [0.3, 0.4) is 0 Å². The number of fused-ring (bicyclic) bond motifs is 1. The van der Waals surface area contributed by atoms with E-state index in [1.807, 2.05) is 66.7 Å². The van der Waals surface area contributed by atoms with Gasteiger partial charge in [-0.15, -0.1) is 0 Å². The van der Waals surface area contributed by atoms with Crippen molar-refractivity contribution in [1.82, 2.24) is 9.97 Å². The number of anilines is 1. The number of aliphatic hydroxyl groups is 1. The molecule has 3 aromatic carbocycles. The number of nitrogens with one attached hydrogen (secondary N) is 1. The molecule has 0 spiro atoms. The summed E-state index contributed by atoms with van der Waals surface area (Å²) >= 11 is 0. The topological polar surface area (TPSA) is 141 Å². The molecule has 0 saturated heterocycles. The molecule has 4 aromatic rings. The van der Waals surface area contributed by atoms with Gasteiger partial charge in [0.25, 0.3) is 0 Å². The van der Waals surface area contributed by atoms with Crippen LogP contribution in [0, 0.1) is 0 Å². The highest BCUT2D eigenvalue weighted by Gasteiger charge is 2.12. The molecule has 0 fully saturated rings. The van der Waals surface area contributed by atoms with Gasteiger partial charge in [0.1, 0.15) is 12.4 Å². The second-order valence-corrected chi connectivity index (χ2v) is 7.82. The zero-order valence-corrected chi connectivity index (χ0v) is 19.4. The number of nitrogens with zero attached hydrogens (tertiary/aromatic N) is 3. The lowest BCUT2D eigenvalue weighted by Crippen LogP contribution is -2.22. The van der Waals surface area contributed by atoms with E-state index < -0.39 is 0 Å². The standard InChI is InChI=1S/C26H28N6O3/c1-34-23-13-18(7-10-22(23)35-16-17-5-3-2-4-6-17)14-24-30-21-15-19(29-11-12-33)8-9-20(21)25(31-24)32-26(27)28/h2-10,13,15,29,33H,11-12,14,16H2,1H3,(H4,27,28,30,31,32). The van der Waals surface area contributed by atoms with Crippen LogP contribution < -0.4 is 26.3 Å². The highest BCUT2D eigenvalue weighted by atomic mass is 16.5. The summed E-state index contributed by atoms with van der Waals surface area (Å²) in [6.07, 6.45) is 0.437. The summed E-state index contributed by atoms with van der Waals surface area (Å²) in [6, 6.07) is 21.3. The molecule has 180 valence electrons. The van der Waals surface area contributed by atoms with Gasteiger partial charge in [-0.1, -0.05) is 36.4 Å². The summed E-state index contributed by atoms with van der Waals surface area (Å²) < 4.78 is 11.5. The lowest BCUT2D eigenvalue weighted by Gasteiger charge is -2.13. The Balaban J connectivity index is 1.61. The van der Waals surface area contributed by atoms with Gasteiger partial charge in [-0.25, -0.2) is 9.97 Å². The molecule has 0 aliphatic heterocycles. The van der Waals surface area contributed by atoms with E-state index in [2.05, 4.69) is 15.3 Å². The second kappa shape index (κ2) is 11.2. The number of benzene rings is 3. The first-order chi connectivity index (χ1) is 17.1. The maximum Gasteiger partial charge on any atom is 0.192 e. The van der Waals surface area contributed by atoms with Gasteiger partial charge >= 0.3 is 0 Å². The highest BCUT2D eigenvalue weighted by Crippen LogP contribution is 2.31. The van der Waals surface area contributed by atoms with Crippen molar-refractivity contribution in [2.75, 3.05) is 25.6 Å². The molecular weight excluding hydrogens is 444 g/mol. The SMILES string of the molecule is COc1cc(Cc2nc(N=C(N)N)c3ccc(NCCO)cc3n2)ccc1OCc1ccccc1. The van der Waals surface area contributed by atoms with Gasteiger partial charge in [-0.05, 0) is 41.5 Å². The van der Waals surface area contributed by atoms with Gasteiger partial charge in [-0.2, -0.15) is 4.99 Å². The smallest absolute Gasteiger partial charge is 0.192 e. The molecule has 9 nitrogen and oxygen atoms in total. The van der Waals surface area contributed by atoms with Crippen molar-refractivity contribution >= 4 is 28.4 Å². The fourth-order valence-electron chi connectivity index (χ4n) is 3.62. The zero-order valence-electron chi connectivity index (χ0n) is 19.4. The summed E-state index contributed by atoms with van der Waals surface area (Å²) in [6.45, 7) is 0.904. The molecule has 0 radical (unpaired) electrons. The third-order valence-corrected chi connectivity index (χ3v) is 5.23. The van der Waals surface area contributed by atoms with Crippen LogP contribution >= 0.6 is 0 Å². The molecule has 1 aromatic heterocycles. The Morgan fingerprint density at radius 3 is 2.54 bits per heavy atom. The summed E-state index contributed by atoms with van der Waals surface area (Å²) in [5, 5.41) is 12.9. The highest BCUT2D eigenvalue weighted by molar-refractivity contribution is 5.92. The van der Waals surface area contributed by atoms with Crippen LogP contribution in [0.5, 0.6) is 11.5 Å². The predicted molar refractivity (Wildman–Crippen MR) is 137 cm³/mol. The molecule has 0 unspecified atom stereocenters. The van der Waals surface area contributed by atoms with Crippen molar-refractivity contribution in [3.05, 3.63) is 83.7 Å². The van der Waals surface area contributed by atoms with Crippen LogP contribution in [0.4, 0.5) is 11.5 Å². The summed E-state index contributed by atoms with van der Waals surface area (Å²) in [5.74, 6) is 2.14. The van der Waals surface area contributed by atoms with E-state index in [-0.39, 0.29) is 12.6 Å². The Kier molecular flexibility index (Phi) is 7.59. The molecular formula is C26H28N6O3. The average molecular weight is 473 g/mol. The normalized spacial score (nSPS) is 10.7. The van der Waals surface area contributed by atoms with E-state index in [0.29, 0.717) is 48.2 Å². The van der Waals surface area contributed by atoms with Crippen LogP contribution in [-0.4, -0.2) is 41.3 Å². The number of methoxy groups -OCH3 is 1. The molecule has 0 saturated carbocycles. The Hall–Kier alpha value is -4.37. The Bertz CT molecular complexity index is 1320. The molecule has 0 atom stereocenters. The van der Waals surface area contributed by atoms with Gasteiger partial charge in [0.15, 0.2) is 23.3 Å². The van der Waals surface area contributed by atoms with Gasteiger partial charge in [0.05, 0.1) is 19.2 Å². The van der Waals surface area contributed by atoms with Crippen molar-refractivity contribution < 1.29 is 14.6 Å². The van der Waals surface area contributed by atoms with Gasteiger partial charge in [0, 0.05) is 24.0 Å². The number of rotatable bonds is 10. The zero-order chi connectivity index (χ0) is 24.6. The molecule has 1 heterocycles. The van der Waals surface area contributed by atoms with E-state index in [1.165, 1.54) is 0 Å². The lowest BCUT2D eigenvalue weighted by atomic mass is 10.1. The fraction of sp³-hybridized carbons (Fsp3) is 0.192. The van der Waals surface area contributed by atoms with E-state index in [9.17, 15) is 0 Å². The first-order valence-electron chi connectivity index (χ1n) is 11.1. The maximum absolute atomic E-state index is 9.09. The van der Waals surface area contributed by atoms with Crippen LogP contribution in [0.25, 0.3) is 10.9 Å². The number of hydrogen-bond donors (Lipinski definition) is 4. The second-order valence-electron chi connectivity index (χ2n) is 7.82. The van der Waals surface area contributed by atoms with E-state index in [1.54, 1.807) is 7.11 Å². The van der Waals surface area contributed by atoms with Crippen LogP contribution in [0.2, 0.25) is 0 Å². The monoisotopic (exact) mass is 472 g/mol. The predicted octanol–water partition coefficient (Wildman–Crippen LogP) is 3.12. The molecule has 6 N–H and O–H groups in total. The largest absolute Gasteiger partial charge is 0.493 e. The third kappa shape index (κ3) is 6.15. The number of aliphatic hydroxyl groups excluding tert-OH is 1. The first-order valence-corrected chi connectivity index (χ1v) is 11.1. The quantitative estimate of drug-likeness (QED) is 0.204. The van der Waals surface area contributed by atoms with Crippen molar-refractivity contribution in [2.24, 2.45) is 16.5 Å². The molecule has 0 aliphatic carbocycles. The van der Waals surface area contributed by atoms with Gasteiger partial charge in [0.2, 0.25) is 0 Å². The Morgan fingerprint density at radius 2 is 1.80 bits per heavy atom. The van der Waals surface area contributed by atoms with Crippen LogP contribution in [-0.2, 0) is 13.0 Å². The summed E-state index contributed by atoms with van der Waals surface area (Å²) in [5.41, 5.74) is 14.8. The minimum atomic E-state index is -0.0833. The molecule has 35 heavy (non-hydrogen) atoms. The number of aromatic nitrogens is 2.